The zero-order valence-electron chi connectivity index (χ0n) is 12.1. The van der Waals surface area contributed by atoms with Crippen LogP contribution in [0.5, 0.6) is 0 Å². The lowest BCUT2D eigenvalue weighted by Crippen LogP contribution is -2.37. The lowest BCUT2D eigenvalue weighted by Gasteiger charge is -2.29. The Bertz CT molecular complexity index is 673. The summed E-state index contributed by atoms with van der Waals surface area (Å²) in [5, 5.41) is 0. The topological polar surface area (TPSA) is 46.3 Å². The molecule has 2 N–H and O–H groups in total. The molecular weight excluding hydrogens is 364 g/mol. The number of halogens is 2. The highest BCUT2D eigenvalue weighted by molar-refractivity contribution is 9.10. The number of fused-ring (bicyclic) bond motifs is 1. The fraction of sp³-hybridized carbons (Fsp3) is 0.235. The Morgan fingerprint density at radius 2 is 1.91 bits per heavy atom. The number of carbonyl (C=O) groups excluding carboxylic acids is 1. The van der Waals surface area contributed by atoms with Crippen LogP contribution in [-0.2, 0) is 24.2 Å². The van der Waals surface area contributed by atoms with Gasteiger partial charge < -0.3 is 10.6 Å². The fourth-order valence-corrected chi connectivity index (χ4v) is 3.30. The van der Waals surface area contributed by atoms with Crippen LogP contribution in [0.25, 0.3) is 0 Å². The number of anilines is 1. The van der Waals surface area contributed by atoms with Gasteiger partial charge in [-0.05, 0) is 41.3 Å². The molecule has 0 aliphatic carbocycles. The van der Waals surface area contributed by atoms with Crippen LogP contribution in [0.1, 0.15) is 16.7 Å². The van der Waals surface area contributed by atoms with Crippen LogP contribution >= 0.6 is 28.3 Å². The van der Waals surface area contributed by atoms with Gasteiger partial charge in [0.1, 0.15) is 0 Å². The number of benzene rings is 2. The summed E-state index contributed by atoms with van der Waals surface area (Å²) in [5.74, 6) is 0.172. The largest absolute Gasteiger partial charge is 0.399 e. The molecule has 2 aromatic rings. The van der Waals surface area contributed by atoms with Gasteiger partial charge in [-0.2, -0.15) is 0 Å². The second kappa shape index (κ2) is 7.16. The number of hydrogen-bond donors (Lipinski definition) is 1. The van der Waals surface area contributed by atoms with Crippen LogP contribution in [0.4, 0.5) is 5.69 Å². The van der Waals surface area contributed by atoms with Crippen molar-refractivity contribution in [3.8, 4) is 0 Å². The molecule has 0 fully saturated rings. The van der Waals surface area contributed by atoms with E-state index >= 15 is 0 Å². The van der Waals surface area contributed by atoms with Crippen molar-refractivity contribution < 1.29 is 4.79 Å². The Kier molecular flexibility index (Phi) is 5.48. The summed E-state index contributed by atoms with van der Waals surface area (Å²) in [6, 6.07) is 13.7. The van der Waals surface area contributed by atoms with E-state index in [9.17, 15) is 4.79 Å². The SMILES string of the molecule is Cl.Nc1ccc(CC(=O)N2CCc3c(Br)cccc3C2)cc1. The predicted molar refractivity (Wildman–Crippen MR) is 95.1 cm³/mol. The standard InChI is InChI=1S/C17H17BrN2O.ClH/c18-16-3-1-2-13-11-20(9-8-15(13)16)17(21)10-12-4-6-14(19)7-5-12;/h1-7H,8-11,19H2;1H. The van der Waals surface area contributed by atoms with Crippen LogP contribution < -0.4 is 5.73 Å². The highest BCUT2D eigenvalue weighted by Gasteiger charge is 2.21. The predicted octanol–water partition coefficient (Wildman–Crippen LogP) is 3.58. The third-order valence-corrected chi connectivity index (χ3v) is 4.64. The number of amides is 1. The van der Waals surface area contributed by atoms with E-state index in [-0.39, 0.29) is 18.3 Å². The molecule has 0 unspecified atom stereocenters. The van der Waals surface area contributed by atoms with Gasteiger partial charge in [0.15, 0.2) is 0 Å². The maximum absolute atomic E-state index is 12.4. The van der Waals surface area contributed by atoms with Crippen LogP contribution in [0, 0.1) is 0 Å². The number of nitrogens with zero attached hydrogens (tertiary/aromatic N) is 1. The highest BCUT2D eigenvalue weighted by Crippen LogP contribution is 2.26. The monoisotopic (exact) mass is 380 g/mol. The number of nitrogen functional groups attached to an aromatic ring is 1. The molecule has 1 amide bonds. The van der Waals surface area contributed by atoms with Crippen molar-refractivity contribution >= 4 is 39.9 Å². The summed E-state index contributed by atoms with van der Waals surface area (Å²) in [4.78, 5) is 14.4. The molecule has 1 aliphatic rings. The second-order valence-electron chi connectivity index (χ2n) is 5.36. The first-order valence-electron chi connectivity index (χ1n) is 7.02. The molecule has 22 heavy (non-hydrogen) atoms. The van der Waals surface area contributed by atoms with E-state index < -0.39 is 0 Å². The molecule has 0 saturated heterocycles. The zero-order chi connectivity index (χ0) is 14.8. The second-order valence-corrected chi connectivity index (χ2v) is 6.22. The summed E-state index contributed by atoms with van der Waals surface area (Å²) in [7, 11) is 0. The van der Waals surface area contributed by atoms with Crippen LogP contribution in [0.2, 0.25) is 0 Å². The average molecular weight is 382 g/mol. The van der Waals surface area contributed by atoms with Gasteiger partial charge in [-0.25, -0.2) is 0 Å². The Labute approximate surface area is 145 Å². The molecule has 0 atom stereocenters. The Morgan fingerprint density at radius 1 is 1.18 bits per heavy atom. The smallest absolute Gasteiger partial charge is 0.227 e. The fourth-order valence-electron chi connectivity index (χ4n) is 2.70. The van der Waals surface area contributed by atoms with E-state index in [4.69, 9.17) is 5.73 Å². The van der Waals surface area contributed by atoms with Gasteiger partial charge in [0.2, 0.25) is 5.91 Å². The zero-order valence-corrected chi connectivity index (χ0v) is 14.5. The molecular formula is C17H18BrClN2O. The minimum absolute atomic E-state index is 0. The van der Waals surface area contributed by atoms with E-state index in [1.54, 1.807) is 0 Å². The summed E-state index contributed by atoms with van der Waals surface area (Å²) >= 11 is 3.58. The van der Waals surface area contributed by atoms with E-state index in [2.05, 4.69) is 28.1 Å². The van der Waals surface area contributed by atoms with Crippen LogP contribution in [0.3, 0.4) is 0 Å². The molecule has 3 rings (SSSR count). The van der Waals surface area contributed by atoms with Gasteiger partial charge >= 0.3 is 0 Å². The lowest BCUT2D eigenvalue weighted by atomic mass is 9.99. The van der Waals surface area contributed by atoms with E-state index in [0.717, 1.165) is 28.7 Å². The van der Waals surface area contributed by atoms with Crippen molar-refractivity contribution in [1.82, 2.24) is 4.90 Å². The van der Waals surface area contributed by atoms with E-state index in [1.807, 2.05) is 35.2 Å². The maximum atomic E-state index is 12.4. The van der Waals surface area contributed by atoms with Crippen molar-refractivity contribution in [2.24, 2.45) is 0 Å². The summed E-state index contributed by atoms with van der Waals surface area (Å²) in [5.41, 5.74) is 9.97. The van der Waals surface area contributed by atoms with Crippen LogP contribution in [0.15, 0.2) is 46.9 Å². The van der Waals surface area contributed by atoms with Gasteiger partial charge in [-0.1, -0.05) is 40.2 Å². The van der Waals surface area contributed by atoms with Crippen molar-refractivity contribution in [3.63, 3.8) is 0 Å². The van der Waals surface area contributed by atoms with Gasteiger partial charge in [0.05, 0.1) is 6.42 Å². The Morgan fingerprint density at radius 3 is 2.64 bits per heavy atom. The minimum atomic E-state index is 0. The molecule has 3 nitrogen and oxygen atoms in total. The quantitative estimate of drug-likeness (QED) is 0.808. The molecule has 2 aromatic carbocycles. The Hall–Kier alpha value is -1.52. The lowest BCUT2D eigenvalue weighted by molar-refractivity contribution is -0.131. The molecule has 116 valence electrons. The molecule has 1 aliphatic heterocycles. The molecule has 0 saturated carbocycles. The van der Waals surface area contributed by atoms with E-state index in [1.165, 1.54) is 11.1 Å². The third-order valence-electron chi connectivity index (χ3n) is 3.90. The highest BCUT2D eigenvalue weighted by atomic mass is 79.9. The first-order valence-corrected chi connectivity index (χ1v) is 7.81. The molecule has 0 radical (unpaired) electrons. The first-order chi connectivity index (χ1) is 10.1. The Balaban J connectivity index is 0.00000176. The normalized spacial score (nSPS) is 13.2. The van der Waals surface area contributed by atoms with Gasteiger partial charge in [0.25, 0.3) is 0 Å². The van der Waals surface area contributed by atoms with E-state index in [0.29, 0.717) is 13.0 Å². The summed E-state index contributed by atoms with van der Waals surface area (Å²) in [6.45, 7) is 1.48. The number of rotatable bonds is 2. The van der Waals surface area contributed by atoms with Gasteiger partial charge in [-0.15, -0.1) is 12.4 Å². The maximum Gasteiger partial charge on any atom is 0.227 e. The molecule has 0 bridgehead atoms. The third kappa shape index (κ3) is 3.62. The molecule has 5 heteroatoms. The number of hydrogen-bond acceptors (Lipinski definition) is 2. The molecule has 0 aromatic heterocycles. The summed E-state index contributed by atoms with van der Waals surface area (Å²) in [6.07, 6.45) is 1.34. The number of nitrogens with two attached hydrogens (primary N) is 1. The average Bonchev–Trinajstić information content (AvgIpc) is 2.49. The van der Waals surface area contributed by atoms with Crippen LogP contribution in [-0.4, -0.2) is 17.4 Å². The molecule has 0 spiro atoms. The van der Waals surface area contributed by atoms with Gasteiger partial charge in [0, 0.05) is 23.2 Å². The minimum Gasteiger partial charge on any atom is -0.399 e. The first kappa shape index (κ1) is 16.8. The van der Waals surface area contributed by atoms with Crippen molar-refractivity contribution in [2.75, 3.05) is 12.3 Å². The summed E-state index contributed by atoms with van der Waals surface area (Å²) < 4.78 is 1.14. The van der Waals surface area contributed by atoms with Gasteiger partial charge in [-0.3, -0.25) is 4.79 Å². The van der Waals surface area contributed by atoms with Crippen molar-refractivity contribution in [2.45, 2.75) is 19.4 Å². The molecule has 1 heterocycles. The van der Waals surface area contributed by atoms with Crippen molar-refractivity contribution in [3.05, 3.63) is 63.6 Å². The van der Waals surface area contributed by atoms with Crippen molar-refractivity contribution in [1.29, 1.82) is 0 Å². The number of carbonyl (C=O) groups is 1.